The summed E-state index contributed by atoms with van der Waals surface area (Å²) in [6, 6.07) is 15.5. The van der Waals surface area contributed by atoms with Crippen molar-refractivity contribution in [2.24, 2.45) is 0 Å². The molecule has 1 saturated heterocycles. The Kier molecular flexibility index (Phi) is 6.61. The number of nitrogens with zero attached hydrogens (tertiary/aromatic N) is 4. The first-order valence-electron chi connectivity index (χ1n) is 11.0. The minimum atomic E-state index is -0.0636. The van der Waals surface area contributed by atoms with Crippen LogP contribution in [0.5, 0.6) is 0 Å². The van der Waals surface area contributed by atoms with E-state index in [2.05, 4.69) is 29.0 Å². The number of rotatable bonds is 4. The van der Waals surface area contributed by atoms with Gasteiger partial charge in [-0.25, -0.2) is 14.8 Å². The van der Waals surface area contributed by atoms with E-state index >= 15 is 0 Å². The number of aryl methyl sites for hydroxylation is 2. The van der Waals surface area contributed by atoms with Crippen molar-refractivity contribution >= 4 is 29.1 Å². The van der Waals surface area contributed by atoms with Crippen LogP contribution in [0, 0.1) is 13.8 Å². The van der Waals surface area contributed by atoms with E-state index in [-0.39, 0.29) is 6.03 Å². The number of urea groups is 1. The zero-order valence-electron chi connectivity index (χ0n) is 18.7. The Hall–Kier alpha value is -3.12. The van der Waals surface area contributed by atoms with Crippen LogP contribution in [0.3, 0.4) is 0 Å². The van der Waals surface area contributed by atoms with E-state index in [1.165, 1.54) is 5.56 Å². The number of aromatic nitrogens is 2. The number of benzene rings is 2. The second-order valence-corrected chi connectivity index (χ2v) is 8.48. The number of anilines is 2. The lowest BCUT2D eigenvalue weighted by atomic mass is 10.1. The van der Waals surface area contributed by atoms with Crippen molar-refractivity contribution in [3.8, 4) is 11.4 Å². The van der Waals surface area contributed by atoms with Gasteiger partial charge in [0.1, 0.15) is 5.82 Å². The van der Waals surface area contributed by atoms with Gasteiger partial charge in [0.05, 0.1) is 0 Å². The van der Waals surface area contributed by atoms with Crippen molar-refractivity contribution in [1.82, 2.24) is 14.9 Å². The van der Waals surface area contributed by atoms with E-state index < -0.39 is 0 Å². The molecule has 1 fully saturated rings. The summed E-state index contributed by atoms with van der Waals surface area (Å²) in [5.74, 6) is 1.62. The van der Waals surface area contributed by atoms with E-state index in [4.69, 9.17) is 16.6 Å². The summed E-state index contributed by atoms with van der Waals surface area (Å²) < 4.78 is 0. The lowest BCUT2D eigenvalue weighted by Gasteiger charge is -2.36. The summed E-state index contributed by atoms with van der Waals surface area (Å²) in [7, 11) is 0. The van der Waals surface area contributed by atoms with Crippen LogP contribution in [0.4, 0.5) is 16.3 Å². The van der Waals surface area contributed by atoms with Gasteiger partial charge in [0.2, 0.25) is 0 Å². The normalized spacial score (nSPS) is 13.9. The number of hydrogen-bond acceptors (Lipinski definition) is 4. The standard InChI is InChI=1S/C25H28ClN5O/c1-4-19-5-11-22(12-6-19)28-25(32)31-15-13-30(14-16-31)24-17(2)18(3)27-23(29-24)20-7-9-21(26)10-8-20/h5-12H,4,13-16H2,1-3H3,(H,28,32). The Morgan fingerprint density at radius 3 is 2.25 bits per heavy atom. The zero-order valence-corrected chi connectivity index (χ0v) is 19.5. The summed E-state index contributed by atoms with van der Waals surface area (Å²) in [5, 5.41) is 3.69. The number of carbonyl (C=O) groups is 1. The molecule has 2 heterocycles. The lowest BCUT2D eigenvalue weighted by Crippen LogP contribution is -2.50. The SMILES string of the molecule is CCc1ccc(NC(=O)N2CCN(c3nc(-c4ccc(Cl)cc4)nc(C)c3C)CC2)cc1. The Labute approximate surface area is 194 Å². The number of hydrogen-bond donors (Lipinski definition) is 1. The van der Waals surface area contributed by atoms with E-state index in [1.54, 1.807) is 0 Å². The molecule has 0 saturated carbocycles. The third-order valence-corrected chi connectivity index (χ3v) is 6.20. The van der Waals surface area contributed by atoms with Crippen molar-refractivity contribution in [3.63, 3.8) is 0 Å². The Morgan fingerprint density at radius 2 is 1.62 bits per heavy atom. The first-order chi connectivity index (χ1) is 15.4. The van der Waals surface area contributed by atoms with E-state index in [0.717, 1.165) is 47.8 Å². The van der Waals surface area contributed by atoms with Gasteiger partial charge in [-0.2, -0.15) is 0 Å². The minimum absolute atomic E-state index is 0.0636. The molecule has 166 valence electrons. The molecule has 1 aliphatic rings. The van der Waals surface area contributed by atoms with Gasteiger partial charge in [-0.3, -0.25) is 0 Å². The summed E-state index contributed by atoms with van der Waals surface area (Å²) in [5.41, 5.74) is 5.03. The molecule has 0 aliphatic carbocycles. The van der Waals surface area contributed by atoms with E-state index in [9.17, 15) is 4.79 Å². The van der Waals surface area contributed by atoms with Crippen molar-refractivity contribution < 1.29 is 4.79 Å². The zero-order chi connectivity index (χ0) is 22.7. The monoisotopic (exact) mass is 449 g/mol. The Balaban J connectivity index is 1.44. The van der Waals surface area contributed by atoms with Crippen molar-refractivity contribution in [3.05, 3.63) is 70.4 Å². The number of nitrogens with one attached hydrogen (secondary N) is 1. The molecule has 0 bridgehead atoms. The third-order valence-electron chi connectivity index (χ3n) is 5.95. The highest BCUT2D eigenvalue weighted by molar-refractivity contribution is 6.30. The lowest BCUT2D eigenvalue weighted by molar-refractivity contribution is 0.208. The third kappa shape index (κ3) is 4.86. The molecular formula is C25H28ClN5O. The summed E-state index contributed by atoms with van der Waals surface area (Å²) in [4.78, 5) is 26.3. The fourth-order valence-electron chi connectivity index (χ4n) is 3.80. The topological polar surface area (TPSA) is 61.4 Å². The molecule has 4 rings (SSSR count). The van der Waals surface area contributed by atoms with Crippen LogP contribution in [0.15, 0.2) is 48.5 Å². The highest BCUT2D eigenvalue weighted by atomic mass is 35.5. The molecule has 3 aromatic rings. The van der Waals surface area contributed by atoms with Crippen molar-refractivity contribution in [1.29, 1.82) is 0 Å². The number of piperazine rings is 1. The van der Waals surface area contributed by atoms with Crippen LogP contribution in [-0.2, 0) is 6.42 Å². The van der Waals surface area contributed by atoms with Crippen LogP contribution >= 0.6 is 11.6 Å². The van der Waals surface area contributed by atoms with Gasteiger partial charge in [0.25, 0.3) is 0 Å². The van der Waals surface area contributed by atoms with Gasteiger partial charge in [0.15, 0.2) is 5.82 Å². The molecule has 32 heavy (non-hydrogen) atoms. The first-order valence-corrected chi connectivity index (χ1v) is 11.3. The van der Waals surface area contributed by atoms with Gasteiger partial charge < -0.3 is 15.1 Å². The predicted molar refractivity (Wildman–Crippen MR) is 131 cm³/mol. The van der Waals surface area contributed by atoms with Crippen LogP contribution in [-0.4, -0.2) is 47.1 Å². The predicted octanol–water partition coefficient (Wildman–Crippen LogP) is 5.33. The molecule has 2 aromatic carbocycles. The summed E-state index contributed by atoms with van der Waals surface area (Å²) in [6.07, 6.45) is 0.984. The fourth-order valence-corrected chi connectivity index (χ4v) is 3.92. The average molecular weight is 450 g/mol. The van der Waals surface area contributed by atoms with Gasteiger partial charge >= 0.3 is 6.03 Å². The molecule has 6 nitrogen and oxygen atoms in total. The number of halogens is 1. The van der Waals surface area contributed by atoms with Crippen LogP contribution in [0.25, 0.3) is 11.4 Å². The fraction of sp³-hybridized carbons (Fsp3) is 0.320. The van der Waals surface area contributed by atoms with Crippen LogP contribution < -0.4 is 10.2 Å². The molecule has 1 aliphatic heterocycles. The van der Waals surface area contributed by atoms with Crippen LogP contribution in [0.2, 0.25) is 5.02 Å². The number of carbonyl (C=O) groups excluding carboxylic acids is 1. The molecular weight excluding hydrogens is 422 g/mol. The molecule has 0 spiro atoms. The second kappa shape index (κ2) is 9.57. The maximum atomic E-state index is 12.7. The maximum absolute atomic E-state index is 12.7. The van der Waals surface area contributed by atoms with Crippen molar-refractivity contribution in [2.45, 2.75) is 27.2 Å². The van der Waals surface area contributed by atoms with E-state index in [1.807, 2.05) is 60.4 Å². The minimum Gasteiger partial charge on any atom is -0.353 e. The molecule has 1 N–H and O–H groups in total. The second-order valence-electron chi connectivity index (χ2n) is 8.04. The maximum Gasteiger partial charge on any atom is 0.321 e. The molecule has 0 radical (unpaired) electrons. The smallest absolute Gasteiger partial charge is 0.321 e. The molecule has 2 amide bonds. The van der Waals surface area contributed by atoms with Gasteiger partial charge in [-0.05, 0) is 62.2 Å². The average Bonchev–Trinajstić information content (AvgIpc) is 2.82. The first kappa shape index (κ1) is 22.1. The Bertz CT molecular complexity index is 1090. The molecule has 1 aromatic heterocycles. The molecule has 0 atom stereocenters. The van der Waals surface area contributed by atoms with Gasteiger partial charge in [-0.1, -0.05) is 30.7 Å². The van der Waals surface area contributed by atoms with Crippen molar-refractivity contribution in [2.75, 3.05) is 36.4 Å². The Morgan fingerprint density at radius 1 is 0.969 bits per heavy atom. The largest absolute Gasteiger partial charge is 0.353 e. The summed E-state index contributed by atoms with van der Waals surface area (Å²) >= 11 is 6.03. The van der Waals surface area contributed by atoms with Gasteiger partial charge in [0, 0.05) is 53.7 Å². The van der Waals surface area contributed by atoms with E-state index in [0.29, 0.717) is 23.9 Å². The van der Waals surface area contributed by atoms with Crippen LogP contribution in [0.1, 0.15) is 23.7 Å². The summed E-state index contributed by atoms with van der Waals surface area (Å²) in [6.45, 7) is 8.89. The number of amides is 2. The quantitative estimate of drug-likeness (QED) is 0.584. The van der Waals surface area contributed by atoms with Gasteiger partial charge in [-0.15, -0.1) is 0 Å². The highest BCUT2D eigenvalue weighted by Crippen LogP contribution is 2.26. The molecule has 0 unspecified atom stereocenters. The highest BCUT2D eigenvalue weighted by Gasteiger charge is 2.24. The molecule has 7 heteroatoms.